The van der Waals surface area contributed by atoms with E-state index in [1.165, 1.54) is 32.1 Å². The van der Waals surface area contributed by atoms with Crippen molar-refractivity contribution in [1.29, 1.82) is 0 Å². The molecule has 0 aliphatic heterocycles. The van der Waals surface area contributed by atoms with Gasteiger partial charge in [0, 0.05) is 5.25 Å². The molecule has 1 fully saturated rings. The smallest absolute Gasteiger partial charge is 0.00245 e. The van der Waals surface area contributed by atoms with Crippen LogP contribution in [0.3, 0.4) is 0 Å². The minimum atomic E-state index is 0.539. The molecule has 0 heterocycles. The van der Waals surface area contributed by atoms with E-state index in [2.05, 4.69) is 27.7 Å². The lowest BCUT2D eigenvalue weighted by molar-refractivity contribution is 0.138. The normalized spacial score (nSPS) is 25.5. The van der Waals surface area contributed by atoms with Gasteiger partial charge in [-0.2, -0.15) is 12.6 Å². The number of hydrogen-bond acceptors (Lipinski definition) is 1. The maximum atomic E-state index is 4.71. The molecule has 1 aliphatic rings. The van der Waals surface area contributed by atoms with Gasteiger partial charge in [-0.25, -0.2) is 0 Å². The molecule has 0 aromatic heterocycles. The van der Waals surface area contributed by atoms with Gasteiger partial charge in [0.2, 0.25) is 0 Å². The van der Waals surface area contributed by atoms with Crippen molar-refractivity contribution < 1.29 is 0 Å². The zero-order chi connectivity index (χ0) is 10.8. The van der Waals surface area contributed by atoms with Crippen molar-refractivity contribution in [2.45, 2.75) is 65.0 Å². The van der Waals surface area contributed by atoms with Gasteiger partial charge >= 0.3 is 0 Å². The van der Waals surface area contributed by atoms with Crippen LogP contribution in [0.25, 0.3) is 0 Å². The largest absolute Gasteiger partial charge is 0.176 e. The van der Waals surface area contributed by atoms with Crippen molar-refractivity contribution in [3.8, 4) is 0 Å². The van der Waals surface area contributed by atoms with E-state index in [4.69, 9.17) is 12.6 Å². The van der Waals surface area contributed by atoms with Gasteiger partial charge in [-0.1, -0.05) is 40.5 Å². The highest BCUT2D eigenvalue weighted by Crippen LogP contribution is 2.51. The Labute approximate surface area is 95.3 Å². The van der Waals surface area contributed by atoms with E-state index in [0.717, 1.165) is 11.8 Å². The first-order chi connectivity index (χ1) is 6.55. The van der Waals surface area contributed by atoms with E-state index >= 15 is 0 Å². The first-order valence-electron chi connectivity index (χ1n) is 6.23. The third-order valence-electron chi connectivity index (χ3n) is 4.08. The van der Waals surface area contributed by atoms with Crippen molar-refractivity contribution in [2.75, 3.05) is 0 Å². The molecule has 0 nitrogen and oxygen atoms in total. The molecule has 1 saturated carbocycles. The number of rotatable bonds is 6. The van der Waals surface area contributed by atoms with E-state index in [1.807, 2.05) is 0 Å². The van der Waals surface area contributed by atoms with Crippen molar-refractivity contribution in [3.05, 3.63) is 0 Å². The minimum absolute atomic E-state index is 0.539. The lowest BCUT2D eigenvalue weighted by Crippen LogP contribution is -2.33. The van der Waals surface area contributed by atoms with Crippen LogP contribution in [0.15, 0.2) is 0 Å². The molecule has 0 saturated heterocycles. The predicted molar refractivity (Wildman–Crippen MR) is 68.0 cm³/mol. The molecule has 0 spiro atoms. The fourth-order valence-corrected chi connectivity index (χ4v) is 3.75. The van der Waals surface area contributed by atoms with Gasteiger partial charge in [0.05, 0.1) is 0 Å². The Bertz CT molecular complexity index is 170. The Morgan fingerprint density at radius 3 is 2.21 bits per heavy atom. The summed E-state index contributed by atoms with van der Waals surface area (Å²) in [7, 11) is 0. The van der Waals surface area contributed by atoms with Crippen LogP contribution in [0.4, 0.5) is 0 Å². The van der Waals surface area contributed by atoms with Crippen LogP contribution in [0.5, 0.6) is 0 Å². The van der Waals surface area contributed by atoms with Gasteiger partial charge in [-0.15, -0.1) is 0 Å². The SMILES string of the molecule is CCC[C@@](C)(CC)[C@H](C1CC1)[C@@H](C)S. The van der Waals surface area contributed by atoms with E-state index in [-0.39, 0.29) is 0 Å². The van der Waals surface area contributed by atoms with Gasteiger partial charge in [0.15, 0.2) is 0 Å². The van der Waals surface area contributed by atoms with Crippen molar-refractivity contribution in [1.82, 2.24) is 0 Å². The van der Waals surface area contributed by atoms with E-state index in [9.17, 15) is 0 Å². The summed E-state index contributed by atoms with van der Waals surface area (Å²) in [5.41, 5.74) is 0.539. The Kier molecular flexibility index (Phi) is 4.36. The summed E-state index contributed by atoms with van der Waals surface area (Å²) in [6, 6.07) is 0. The zero-order valence-corrected chi connectivity index (χ0v) is 11.1. The third kappa shape index (κ3) is 2.68. The number of hydrogen-bond donors (Lipinski definition) is 1. The van der Waals surface area contributed by atoms with Crippen LogP contribution in [0.2, 0.25) is 0 Å². The molecule has 1 heteroatoms. The van der Waals surface area contributed by atoms with Crippen LogP contribution in [0.1, 0.15) is 59.8 Å². The van der Waals surface area contributed by atoms with E-state index in [0.29, 0.717) is 10.7 Å². The molecule has 3 atom stereocenters. The molecule has 0 bridgehead atoms. The molecule has 1 aliphatic carbocycles. The van der Waals surface area contributed by atoms with Crippen molar-refractivity contribution in [3.63, 3.8) is 0 Å². The molecule has 0 aromatic rings. The van der Waals surface area contributed by atoms with Gasteiger partial charge < -0.3 is 0 Å². The second kappa shape index (κ2) is 4.92. The molecular formula is C13H26S. The summed E-state index contributed by atoms with van der Waals surface area (Å²) >= 11 is 4.71. The second-order valence-electron chi connectivity index (χ2n) is 5.36. The minimum Gasteiger partial charge on any atom is -0.176 e. The predicted octanol–water partition coefficient (Wildman–Crippen LogP) is 4.55. The first-order valence-corrected chi connectivity index (χ1v) is 6.75. The lowest BCUT2D eigenvalue weighted by Gasteiger charge is -2.39. The average Bonchev–Trinajstić information content (AvgIpc) is 2.88. The topological polar surface area (TPSA) is 0 Å². The fraction of sp³-hybridized carbons (Fsp3) is 1.00. The van der Waals surface area contributed by atoms with Crippen LogP contribution in [-0.2, 0) is 0 Å². The Balaban J connectivity index is 2.70. The van der Waals surface area contributed by atoms with Crippen LogP contribution < -0.4 is 0 Å². The lowest BCUT2D eigenvalue weighted by atomic mass is 9.68. The Morgan fingerprint density at radius 1 is 1.36 bits per heavy atom. The van der Waals surface area contributed by atoms with Crippen molar-refractivity contribution >= 4 is 12.6 Å². The van der Waals surface area contributed by atoms with E-state index < -0.39 is 0 Å². The highest BCUT2D eigenvalue weighted by molar-refractivity contribution is 7.80. The summed E-state index contributed by atoms with van der Waals surface area (Å²) in [5.74, 6) is 1.83. The molecule has 84 valence electrons. The molecule has 0 aromatic carbocycles. The quantitative estimate of drug-likeness (QED) is 0.616. The maximum absolute atomic E-state index is 4.71. The van der Waals surface area contributed by atoms with Crippen LogP contribution in [0, 0.1) is 17.3 Å². The highest BCUT2D eigenvalue weighted by atomic mass is 32.1. The summed E-state index contributed by atoms with van der Waals surface area (Å²) in [5, 5.41) is 0.569. The van der Waals surface area contributed by atoms with Crippen LogP contribution in [-0.4, -0.2) is 5.25 Å². The summed E-state index contributed by atoms with van der Waals surface area (Å²) in [6.45, 7) is 9.42. The summed E-state index contributed by atoms with van der Waals surface area (Å²) in [4.78, 5) is 0. The second-order valence-corrected chi connectivity index (χ2v) is 6.18. The molecule has 0 N–H and O–H groups in total. The van der Waals surface area contributed by atoms with Gasteiger partial charge in [-0.3, -0.25) is 0 Å². The molecular weight excluding hydrogens is 188 g/mol. The maximum Gasteiger partial charge on any atom is 0.00245 e. The first kappa shape index (κ1) is 12.4. The number of thiol groups is 1. The van der Waals surface area contributed by atoms with Gasteiger partial charge in [0.25, 0.3) is 0 Å². The Hall–Kier alpha value is 0.350. The third-order valence-corrected chi connectivity index (χ3v) is 4.40. The Morgan fingerprint density at radius 2 is 1.93 bits per heavy atom. The molecule has 0 radical (unpaired) electrons. The molecule has 0 amide bonds. The highest BCUT2D eigenvalue weighted by Gasteiger charge is 2.43. The standard InChI is InChI=1S/C13H26S/c1-5-9-13(4,6-2)12(10(3)14)11-7-8-11/h10-12,14H,5-9H2,1-4H3/t10-,12+,13-/m1/s1. The van der Waals surface area contributed by atoms with E-state index in [1.54, 1.807) is 0 Å². The molecule has 14 heavy (non-hydrogen) atoms. The zero-order valence-electron chi connectivity index (χ0n) is 10.2. The average molecular weight is 214 g/mol. The van der Waals surface area contributed by atoms with Crippen molar-refractivity contribution in [2.24, 2.45) is 17.3 Å². The van der Waals surface area contributed by atoms with Crippen LogP contribution >= 0.6 is 12.6 Å². The van der Waals surface area contributed by atoms with Gasteiger partial charge in [-0.05, 0) is 36.5 Å². The molecule has 1 rings (SSSR count). The fourth-order valence-electron chi connectivity index (χ4n) is 3.15. The summed E-state index contributed by atoms with van der Waals surface area (Å²) < 4.78 is 0. The van der Waals surface area contributed by atoms with Gasteiger partial charge in [0.1, 0.15) is 0 Å². The monoisotopic (exact) mass is 214 g/mol. The summed E-state index contributed by atoms with van der Waals surface area (Å²) in [6.07, 6.45) is 6.90. The molecule has 0 unspecified atom stereocenters.